The third kappa shape index (κ3) is 4.92. The number of rotatable bonds is 6. The highest BCUT2D eigenvalue weighted by Gasteiger charge is 2.16. The van der Waals surface area contributed by atoms with Crippen molar-refractivity contribution in [2.45, 2.75) is 50.7 Å². The van der Waals surface area contributed by atoms with Crippen LogP contribution in [0.1, 0.15) is 37.7 Å². The van der Waals surface area contributed by atoms with E-state index in [0.29, 0.717) is 22.2 Å². The molecule has 1 aliphatic heterocycles. The van der Waals surface area contributed by atoms with Crippen molar-refractivity contribution >= 4 is 23.2 Å². The molecule has 1 N–H and O–H groups in total. The van der Waals surface area contributed by atoms with Crippen molar-refractivity contribution in [3.05, 3.63) is 33.8 Å². The molecular formula is C16H23Cl2NO. The lowest BCUT2D eigenvalue weighted by Gasteiger charge is -2.25. The van der Waals surface area contributed by atoms with Crippen LogP contribution in [0.5, 0.6) is 0 Å². The van der Waals surface area contributed by atoms with Gasteiger partial charge in [-0.2, -0.15) is 0 Å². The number of hydrogen-bond acceptors (Lipinski definition) is 2. The van der Waals surface area contributed by atoms with E-state index in [1.165, 1.54) is 24.8 Å². The monoisotopic (exact) mass is 315 g/mol. The highest BCUT2D eigenvalue weighted by Crippen LogP contribution is 2.24. The molecule has 20 heavy (non-hydrogen) atoms. The zero-order valence-electron chi connectivity index (χ0n) is 12.0. The van der Waals surface area contributed by atoms with E-state index in [1.54, 1.807) is 0 Å². The van der Waals surface area contributed by atoms with Crippen molar-refractivity contribution in [1.29, 1.82) is 0 Å². The first-order valence-corrected chi connectivity index (χ1v) is 8.17. The van der Waals surface area contributed by atoms with Gasteiger partial charge in [0.2, 0.25) is 0 Å². The van der Waals surface area contributed by atoms with E-state index in [4.69, 9.17) is 27.9 Å². The van der Waals surface area contributed by atoms with E-state index in [2.05, 4.69) is 11.4 Å². The average Bonchev–Trinajstić information content (AvgIpc) is 2.48. The summed E-state index contributed by atoms with van der Waals surface area (Å²) in [7, 11) is 2.02. The Balaban J connectivity index is 1.83. The van der Waals surface area contributed by atoms with Crippen molar-refractivity contribution in [3.8, 4) is 0 Å². The van der Waals surface area contributed by atoms with Gasteiger partial charge in [-0.3, -0.25) is 0 Å². The lowest BCUT2D eigenvalue weighted by atomic mass is 9.97. The number of hydrogen-bond donors (Lipinski definition) is 1. The molecular weight excluding hydrogens is 293 g/mol. The summed E-state index contributed by atoms with van der Waals surface area (Å²) in [4.78, 5) is 0. The van der Waals surface area contributed by atoms with E-state index in [1.807, 2.05) is 19.2 Å². The molecule has 1 heterocycles. The molecule has 1 aromatic rings. The van der Waals surface area contributed by atoms with Crippen molar-refractivity contribution < 1.29 is 4.74 Å². The third-order valence-corrected chi connectivity index (χ3v) is 4.72. The molecule has 1 saturated heterocycles. The summed E-state index contributed by atoms with van der Waals surface area (Å²) in [5.41, 5.74) is 1.23. The van der Waals surface area contributed by atoms with Crippen LogP contribution in [0.4, 0.5) is 0 Å². The molecule has 4 heteroatoms. The van der Waals surface area contributed by atoms with E-state index in [-0.39, 0.29) is 0 Å². The molecule has 0 amide bonds. The van der Waals surface area contributed by atoms with Gasteiger partial charge >= 0.3 is 0 Å². The van der Waals surface area contributed by atoms with Crippen LogP contribution < -0.4 is 5.32 Å². The Morgan fingerprint density at radius 1 is 1.30 bits per heavy atom. The minimum absolute atomic E-state index is 0.452. The standard InChI is InChI=1S/C16H23Cl2NO/c1-19-13(6-7-14-4-2-3-9-20-14)10-12-5-8-15(17)16(18)11-12/h5,8,11,13-14,19H,2-4,6-7,9-10H2,1H3. The molecule has 0 bridgehead atoms. The van der Waals surface area contributed by atoms with Gasteiger partial charge < -0.3 is 10.1 Å². The average molecular weight is 316 g/mol. The number of benzene rings is 1. The number of likely N-dealkylation sites (N-methyl/N-ethyl adjacent to an activating group) is 1. The second kappa shape index (κ2) is 8.23. The van der Waals surface area contributed by atoms with Crippen LogP contribution in [0.3, 0.4) is 0 Å². The van der Waals surface area contributed by atoms with Crippen LogP contribution in [0, 0.1) is 0 Å². The first-order chi connectivity index (χ1) is 9.69. The molecule has 1 fully saturated rings. The molecule has 2 nitrogen and oxygen atoms in total. The Morgan fingerprint density at radius 3 is 2.80 bits per heavy atom. The molecule has 1 aromatic carbocycles. The molecule has 0 saturated carbocycles. The zero-order valence-corrected chi connectivity index (χ0v) is 13.5. The van der Waals surface area contributed by atoms with Crippen LogP contribution in [0.25, 0.3) is 0 Å². The lowest BCUT2D eigenvalue weighted by Crippen LogP contribution is -2.30. The minimum Gasteiger partial charge on any atom is -0.378 e. The van der Waals surface area contributed by atoms with Gasteiger partial charge in [0, 0.05) is 12.6 Å². The van der Waals surface area contributed by atoms with Gasteiger partial charge in [0.05, 0.1) is 16.1 Å². The SMILES string of the molecule is CNC(CCC1CCCCO1)Cc1ccc(Cl)c(Cl)c1. The van der Waals surface area contributed by atoms with Gasteiger partial charge in [0.15, 0.2) is 0 Å². The van der Waals surface area contributed by atoms with Crippen molar-refractivity contribution in [2.24, 2.45) is 0 Å². The summed E-state index contributed by atoms with van der Waals surface area (Å²) in [6.45, 7) is 0.932. The van der Waals surface area contributed by atoms with Gasteiger partial charge in [-0.25, -0.2) is 0 Å². The van der Waals surface area contributed by atoms with E-state index in [9.17, 15) is 0 Å². The Bertz CT molecular complexity index is 419. The van der Waals surface area contributed by atoms with Crippen LogP contribution in [0.15, 0.2) is 18.2 Å². The highest BCUT2D eigenvalue weighted by atomic mass is 35.5. The Hall–Kier alpha value is -0.280. The van der Waals surface area contributed by atoms with E-state index in [0.717, 1.165) is 25.9 Å². The summed E-state index contributed by atoms with van der Waals surface area (Å²) >= 11 is 12.0. The summed E-state index contributed by atoms with van der Waals surface area (Å²) in [6, 6.07) is 6.34. The predicted octanol–water partition coefficient (Wildman–Crippen LogP) is 4.47. The normalized spacial score (nSPS) is 20.9. The number of halogens is 2. The topological polar surface area (TPSA) is 21.3 Å². The van der Waals surface area contributed by atoms with Crippen LogP contribution in [-0.2, 0) is 11.2 Å². The Labute approximate surface area is 131 Å². The molecule has 0 aliphatic carbocycles. The lowest BCUT2D eigenvalue weighted by molar-refractivity contribution is 0.00870. The highest BCUT2D eigenvalue weighted by molar-refractivity contribution is 6.42. The smallest absolute Gasteiger partial charge is 0.0595 e. The van der Waals surface area contributed by atoms with Crippen molar-refractivity contribution in [3.63, 3.8) is 0 Å². The predicted molar refractivity (Wildman–Crippen MR) is 85.8 cm³/mol. The molecule has 0 aromatic heterocycles. The Morgan fingerprint density at radius 2 is 2.15 bits per heavy atom. The van der Waals surface area contributed by atoms with Gasteiger partial charge in [-0.15, -0.1) is 0 Å². The van der Waals surface area contributed by atoms with Crippen LogP contribution in [0.2, 0.25) is 10.0 Å². The fourth-order valence-corrected chi connectivity index (χ4v) is 3.04. The van der Waals surface area contributed by atoms with Crippen LogP contribution in [-0.4, -0.2) is 25.8 Å². The quantitative estimate of drug-likeness (QED) is 0.836. The molecule has 0 radical (unpaired) electrons. The summed E-state index contributed by atoms with van der Waals surface area (Å²) in [6.07, 6.45) is 7.42. The van der Waals surface area contributed by atoms with Crippen LogP contribution >= 0.6 is 23.2 Å². The van der Waals surface area contributed by atoms with Crippen molar-refractivity contribution in [2.75, 3.05) is 13.7 Å². The van der Waals surface area contributed by atoms with Crippen molar-refractivity contribution in [1.82, 2.24) is 5.32 Å². The second-order valence-electron chi connectivity index (χ2n) is 5.50. The zero-order chi connectivity index (χ0) is 14.4. The third-order valence-electron chi connectivity index (χ3n) is 3.99. The Kier molecular flexibility index (Phi) is 6.63. The molecule has 1 aliphatic rings. The second-order valence-corrected chi connectivity index (χ2v) is 6.32. The summed E-state index contributed by atoms with van der Waals surface area (Å²) < 4.78 is 5.79. The summed E-state index contributed by atoms with van der Waals surface area (Å²) in [5.74, 6) is 0. The fourth-order valence-electron chi connectivity index (χ4n) is 2.72. The van der Waals surface area contributed by atoms with Gasteiger partial charge in [0.25, 0.3) is 0 Å². The minimum atomic E-state index is 0.452. The first kappa shape index (κ1) is 16.1. The largest absolute Gasteiger partial charge is 0.378 e. The maximum Gasteiger partial charge on any atom is 0.0595 e. The summed E-state index contributed by atoms with van der Waals surface area (Å²) in [5, 5.41) is 4.64. The van der Waals surface area contributed by atoms with Gasteiger partial charge in [-0.1, -0.05) is 29.3 Å². The number of ether oxygens (including phenoxy) is 1. The molecule has 0 spiro atoms. The van der Waals surface area contributed by atoms with Gasteiger partial charge in [-0.05, 0) is 63.3 Å². The molecule has 112 valence electrons. The number of nitrogens with one attached hydrogen (secondary N) is 1. The molecule has 2 rings (SSSR count). The first-order valence-electron chi connectivity index (χ1n) is 7.42. The van der Waals surface area contributed by atoms with Gasteiger partial charge in [0.1, 0.15) is 0 Å². The molecule has 2 atom stereocenters. The van der Waals surface area contributed by atoms with E-state index < -0.39 is 0 Å². The maximum absolute atomic E-state index is 6.07. The fraction of sp³-hybridized carbons (Fsp3) is 0.625. The maximum atomic E-state index is 6.07. The molecule has 2 unspecified atom stereocenters. The van der Waals surface area contributed by atoms with E-state index >= 15 is 0 Å².